The van der Waals surface area contributed by atoms with Gasteiger partial charge in [-0.15, -0.1) is 0 Å². The third-order valence-electron chi connectivity index (χ3n) is 2.31. The zero-order chi connectivity index (χ0) is 10.7. The summed E-state index contributed by atoms with van der Waals surface area (Å²) >= 11 is 0. The van der Waals surface area contributed by atoms with Gasteiger partial charge in [0, 0.05) is 19.2 Å². The molecule has 15 heavy (non-hydrogen) atoms. The average molecular weight is 211 g/mol. The predicted molar refractivity (Wildman–Crippen MR) is 51.2 cm³/mol. The van der Waals surface area contributed by atoms with E-state index in [2.05, 4.69) is 9.68 Å². The van der Waals surface area contributed by atoms with Crippen LogP contribution in [-0.2, 0) is 4.79 Å². The van der Waals surface area contributed by atoms with Gasteiger partial charge in [-0.1, -0.05) is 0 Å². The van der Waals surface area contributed by atoms with Gasteiger partial charge >= 0.3 is 0 Å². The summed E-state index contributed by atoms with van der Waals surface area (Å²) in [6, 6.07) is 1.66. The monoisotopic (exact) mass is 211 g/mol. The van der Waals surface area contributed by atoms with Crippen molar-refractivity contribution in [2.75, 3.05) is 19.6 Å². The SMILES string of the molecule is NC(=O)CN1CCC(Oc2ccon2)C1. The second kappa shape index (κ2) is 4.31. The fourth-order valence-electron chi connectivity index (χ4n) is 1.69. The van der Waals surface area contributed by atoms with Crippen LogP contribution in [0.25, 0.3) is 0 Å². The highest BCUT2D eigenvalue weighted by molar-refractivity contribution is 5.75. The molecule has 1 aliphatic heterocycles. The third-order valence-corrected chi connectivity index (χ3v) is 2.31. The van der Waals surface area contributed by atoms with Gasteiger partial charge in [0.25, 0.3) is 5.88 Å². The molecule has 6 heteroatoms. The third kappa shape index (κ3) is 2.69. The Bertz CT molecular complexity index is 325. The van der Waals surface area contributed by atoms with Crippen molar-refractivity contribution in [1.82, 2.24) is 10.1 Å². The Balaban J connectivity index is 1.80. The maximum atomic E-state index is 10.7. The lowest BCUT2D eigenvalue weighted by atomic mass is 10.3. The zero-order valence-electron chi connectivity index (χ0n) is 8.26. The van der Waals surface area contributed by atoms with Crippen molar-refractivity contribution in [1.29, 1.82) is 0 Å². The Morgan fingerprint density at radius 3 is 3.33 bits per heavy atom. The number of likely N-dealkylation sites (tertiary alicyclic amines) is 1. The zero-order valence-corrected chi connectivity index (χ0v) is 8.26. The Morgan fingerprint density at radius 2 is 2.67 bits per heavy atom. The first-order valence-corrected chi connectivity index (χ1v) is 4.82. The van der Waals surface area contributed by atoms with Crippen LogP contribution in [0, 0.1) is 0 Å². The number of ether oxygens (including phenoxy) is 1. The van der Waals surface area contributed by atoms with E-state index < -0.39 is 0 Å². The topological polar surface area (TPSA) is 81.6 Å². The molecule has 0 aromatic carbocycles. The summed E-state index contributed by atoms with van der Waals surface area (Å²) in [5, 5.41) is 3.66. The number of carbonyl (C=O) groups is 1. The summed E-state index contributed by atoms with van der Waals surface area (Å²) < 4.78 is 10.2. The molecule has 1 saturated heterocycles. The van der Waals surface area contributed by atoms with Crippen molar-refractivity contribution in [3.63, 3.8) is 0 Å². The van der Waals surface area contributed by atoms with E-state index in [-0.39, 0.29) is 12.0 Å². The molecule has 1 aromatic rings. The molecule has 1 unspecified atom stereocenters. The van der Waals surface area contributed by atoms with Gasteiger partial charge in [-0.3, -0.25) is 9.69 Å². The molecule has 82 valence electrons. The molecule has 0 spiro atoms. The molecule has 1 aromatic heterocycles. The van der Waals surface area contributed by atoms with Crippen molar-refractivity contribution >= 4 is 5.91 Å². The molecule has 0 saturated carbocycles. The van der Waals surface area contributed by atoms with E-state index in [9.17, 15) is 4.79 Å². The van der Waals surface area contributed by atoms with Crippen LogP contribution in [0.15, 0.2) is 16.9 Å². The molecule has 1 atom stereocenters. The number of nitrogens with two attached hydrogens (primary N) is 1. The van der Waals surface area contributed by atoms with Gasteiger partial charge in [-0.25, -0.2) is 0 Å². The molecular weight excluding hydrogens is 198 g/mol. The van der Waals surface area contributed by atoms with Gasteiger partial charge in [0.2, 0.25) is 5.91 Å². The number of amides is 1. The van der Waals surface area contributed by atoms with Crippen LogP contribution in [-0.4, -0.2) is 41.7 Å². The fourth-order valence-corrected chi connectivity index (χ4v) is 1.69. The number of aromatic nitrogens is 1. The Hall–Kier alpha value is -1.56. The normalized spacial score (nSPS) is 21.7. The number of nitrogens with zero attached hydrogens (tertiary/aromatic N) is 2. The maximum absolute atomic E-state index is 10.7. The van der Waals surface area contributed by atoms with Crippen LogP contribution in [0.3, 0.4) is 0 Å². The second-order valence-electron chi connectivity index (χ2n) is 3.57. The summed E-state index contributed by atoms with van der Waals surface area (Å²) in [6.07, 6.45) is 2.40. The lowest BCUT2D eigenvalue weighted by Gasteiger charge is -2.13. The van der Waals surface area contributed by atoms with Crippen LogP contribution < -0.4 is 10.5 Å². The smallest absolute Gasteiger partial charge is 0.254 e. The molecule has 1 aliphatic rings. The minimum atomic E-state index is -0.308. The average Bonchev–Trinajstić information content (AvgIpc) is 2.77. The van der Waals surface area contributed by atoms with Gasteiger partial charge in [0.1, 0.15) is 12.4 Å². The van der Waals surface area contributed by atoms with Crippen molar-refractivity contribution in [3.8, 4) is 5.88 Å². The largest absolute Gasteiger partial charge is 0.471 e. The minimum Gasteiger partial charge on any atom is -0.471 e. The van der Waals surface area contributed by atoms with Crippen molar-refractivity contribution in [2.45, 2.75) is 12.5 Å². The highest BCUT2D eigenvalue weighted by atomic mass is 16.5. The molecule has 0 bridgehead atoms. The maximum Gasteiger partial charge on any atom is 0.254 e. The van der Waals surface area contributed by atoms with E-state index in [1.54, 1.807) is 6.07 Å². The number of carbonyl (C=O) groups excluding carboxylic acids is 1. The van der Waals surface area contributed by atoms with Gasteiger partial charge in [0.15, 0.2) is 0 Å². The van der Waals surface area contributed by atoms with Crippen LogP contribution in [0.2, 0.25) is 0 Å². The Kier molecular flexibility index (Phi) is 2.86. The number of hydrogen-bond acceptors (Lipinski definition) is 5. The van der Waals surface area contributed by atoms with Gasteiger partial charge < -0.3 is 15.0 Å². The molecule has 0 radical (unpaired) electrons. The van der Waals surface area contributed by atoms with Crippen LogP contribution in [0.1, 0.15) is 6.42 Å². The van der Waals surface area contributed by atoms with E-state index >= 15 is 0 Å². The molecule has 2 rings (SSSR count). The predicted octanol–water partition coefficient (Wildman–Crippen LogP) is -0.387. The van der Waals surface area contributed by atoms with Gasteiger partial charge in [-0.05, 0) is 11.6 Å². The quantitative estimate of drug-likeness (QED) is 0.733. The van der Waals surface area contributed by atoms with E-state index in [1.165, 1.54) is 6.26 Å². The number of rotatable bonds is 4. The Morgan fingerprint density at radius 1 is 1.80 bits per heavy atom. The molecule has 6 nitrogen and oxygen atoms in total. The minimum absolute atomic E-state index is 0.0643. The summed E-state index contributed by atoms with van der Waals surface area (Å²) in [5.41, 5.74) is 5.10. The van der Waals surface area contributed by atoms with Crippen molar-refractivity contribution < 1.29 is 14.1 Å². The van der Waals surface area contributed by atoms with E-state index in [0.717, 1.165) is 13.0 Å². The van der Waals surface area contributed by atoms with Crippen molar-refractivity contribution in [3.05, 3.63) is 12.3 Å². The van der Waals surface area contributed by atoms with E-state index in [0.29, 0.717) is 19.0 Å². The molecule has 1 amide bonds. The molecule has 0 aliphatic carbocycles. The molecule has 1 fully saturated rings. The molecular formula is C9H13N3O3. The molecule has 2 heterocycles. The molecule has 2 N–H and O–H groups in total. The lowest BCUT2D eigenvalue weighted by molar-refractivity contribution is -0.118. The summed E-state index contributed by atoms with van der Waals surface area (Å²) in [6.45, 7) is 1.82. The second-order valence-corrected chi connectivity index (χ2v) is 3.57. The van der Waals surface area contributed by atoms with E-state index in [4.69, 9.17) is 10.5 Å². The standard InChI is InChI=1S/C9H13N3O3/c10-8(13)6-12-3-1-7(5-12)15-9-2-4-14-11-9/h2,4,7H,1,3,5-6H2,(H2,10,13). The fraction of sp³-hybridized carbons (Fsp3) is 0.556. The summed E-state index contributed by atoms with van der Waals surface area (Å²) in [4.78, 5) is 12.7. The van der Waals surface area contributed by atoms with Gasteiger partial charge in [-0.2, -0.15) is 0 Å². The number of hydrogen-bond donors (Lipinski definition) is 1. The lowest BCUT2D eigenvalue weighted by Crippen LogP contribution is -2.33. The highest BCUT2D eigenvalue weighted by Crippen LogP contribution is 2.15. The van der Waals surface area contributed by atoms with Crippen LogP contribution >= 0.6 is 0 Å². The summed E-state index contributed by atoms with van der Waals surface area (Å²) in [5.74, 6) is 0.179. The number of primary amides is 1. The first kappa shape index (κ1) is 9.97. The Labute approximate surface area is 87.0 Å². The first-order valence-electron chi connectivity index (χ1n) is 4.82. The van der Waals surface area contributed by atoms with Crippen LogP contribution in [0.5, 0.6) is 5.88 Å². The van der Waals surface area contributed by atoms with Gasteiger partial charge in [0.05, 0.1) is 6.54 Å². The van der Waals surface area contributed by atoms with E-state index in [1.807, 2.05) is 4.90 Å². The summed E-state index contributed by atoms with van der Waals surface area (Å²) in [7, 11) is 0. The van der Waals surface area contributed by atoms with Crippen LogP contribution in [0.4, 0.5) is 0 Å². The first-order chi connectivity index (χ1) is 7.24. The van der Waals surface area contributed by atoms with Crippen molar-refractivity contribution in [2.24, 2.45) is 5.73 Å². The highest BCUT2D eigenvalue weighted by Gasteiger charge is 2.25.